The Kier molecular flexibility index (Phi) is 5.02. The van der Waals surface area contributed by atoms with E-state index in [1.165, 1.54) is 32.0 Å². The van der Waals surface area contributed by atoms with Gasteiger partial charge in [-0.1, -0.05) is 23.8 Å². The number of carbonyl (C=O) groups excluding carboxylic acids is 2. The van der Waals surface area contributed by atoms with Crippen molar-refractivity contribution in [2.45, 2.75) is 27.7 Å². The topological polar surface area (TPSA) is 58.2 Å². The Hall–Kier alpha value is -2.69. The monoisotopic (exact) mass is 328 g/mol. The summed E-state index contributed by atoms with van der Waals surface area (Å²) in [7, 11) is 0. The normalized spacial score (nSPS) is 11.0. The smallest absolute Gasteiger partial charge is 0.239 e. The molecular formula is C19H21FN2O2. The molecule has 5 heteroatoms. The Bertz CT molecular complexity index is 785. The molecule has 0 aromatic heterocycles. The molecule has 24 heavy (non-hydrogen) atoms. The molecule has 0 unspecified atom stereocenters. The van der Waals surface area contributed by atoms with E-state index in [2.05, 4.69) is 10.6 Å². The van der Waals surface area contributed by atoms with E-state index in [-0.39, 0.29) is 0 Å². The maximum Gasteiger partial charge on any atom is 0.239 e. The molecule has 4 nitrogen and oxygen atoms in total. The van der Waals surface area contributed by atoms with Gasteiger partial charge in [0.25, 0.3) is 0 Å². The number of hydrogen-bond donors (Lipinski definition) is 2. The third kappa shape index (κ3) is 3.98. The number of rotatable bonds is 4. The molecule has 0 saturated carbocycles. The van der Waals surface area contributed by atoms with Gasteiger partial charge in [-0.15, -0.1) is 0 Å². The van der Waals surface area contributed by atoms with Crippen molar-refractivity contribution in [2.75, 3.05) is 10.6 Å². The number of amides is 2. The zero-order valence-electron chi connectivity index (χ0n) is 14.2. The number of aryl methyl sites for hydroxylation is 2. The molecule has 0 atom stereocenters. The highest BCUT2D eigenvalue weighted by atomic mass is 19.1. The first-order valence-corrected chi connectivity index (χ1v) is 7.66. The third-order valence-corrected chi connectivity index (χ3v) is 3.85. The molecule has 2 aromatic carbocycles. The first-order chi connectivity index (χ1) is 11.2. The van der Waals surface area contributed by atoms with Gasteiger partial charge in [0.2, 0.25) is 11.8 Å². The first-order valence-electron chi connectivity index (χ1n) is 7.66. The lowest BCUT2D eigenvalue weighted by Gasteiger charge is -2.23. The molecule has 0 spiro atoms. The van der Waals surface area contributed by atoms with Crippen molar-refractivity contribution in [2.24, 2.45) is 5.41 Å². The molecule has 0 fully saturated rings. The third-order valence-electron chi connectivity index (χ3n) is 3.85. The summed E-state index contributed by atoms with van der Waals surface area (Å²) in [5.74, 6) is -1.39. The van der Waals surface area contributed by atoms with Crippen LogP contribution in [0, 0.1) is 25.1 Å². The van der Waals surface area contributed by atoms with Crippen LogP contribution in [0.25, 0.3) is 0 Å². The van der Waals surface area contributed by atoms with Crippen molar-refractivity contribution in [1.82, 2.24) is 0 Å². The molecule has 0 saturated heterocycles. The summed E-state index contributed by atoms with van der Waals surface area (Å²) >= 11 is 0. The average molecular weight is 328 g/mol. The van der Waals surface area contributed by atoms with Gasteiger partial charge in [-0.2, -0.15) is 0 Å². The van der Waals surface area contributed by atoms with Gasteiger partial charge < -0.3 is 10.6 Å². The predicted octanol–water partition coefficient (Wildman–Crippen LogP) is 4.05. The second-order valence-corrected chi connectivity index (χ2v) is 6.36. The number of carbonyl (C=O) groups is 2. The Morgan fingerprint density at radius 2 is 1.62 bits per heavy atom. The van der Waals surface area contributed by atoms with Crippen LogP contribution in [0.15, 0.2) is 42.5 Å². The average Bonchev–Trinajstić information content (AvgIpc) is 2.49. The van der Waals surface area contributed by atoms with Crippen LogP contribution in [0.2, 0.25) is 0 Å². The quantitative estimate of drug-likeness (QED) is 0.832. The molecule has 0 aliphatic rings. The molecule has 0 heterocycles. The van der Waals surface area contributed by atoms with Crippen LogP contribution in [-0.4, -0.2) is 11.8 Å². The van der Waals surface area contributed by atoms with E-state index in [0.29, 0.717) is 11.4 Å². The fraction of sp³-hybridized carbons (Fsp3) is 0.263. The Morgan fingerprint density at radius 1 is 0.958 bits per heavy atom. The summed E-state index contributed by atoms with van der Waals surface area (Å²) < 4.78 is 13.2. The van der Waals surface area contributed by atoms with E-state index in [0.717, 1.165) is 11.1 Å². The zero-order valence-corrected chi connectivity index (χ0v) is 14.2. The highest BCUT2D eigenvalue weighted by Crippen LogP contribution is 2.23. The summed E-state index contributed by atoms with van der Waals surface area (Å²) in [6.45, 7) is 6.92. The maximum absolute atomic E-state index is 13.2. The number of halogens is 1. The van der Waals surface area contributed by atoms with E-state index in [1.807, 2.05) is 32.0 Å². The van der Waals surface area contributed by atoms with Crippen LogP contribution in [0.4, 0.5) is 15.8 Å². The van der Waals surface area contributed by atoms with Crippen molar-refractivity contribution < 1.29 is 14.0 Å². The molecule has 0 aliphatic heterocycles. The van der Waals surface area contributed by atoms with Crippen LogP contribution < -0.4 is 10.6 Å². The van der Waals surface area contributed by atoms with E-state index in [9.17, 15) is 14.0 Å². The molecular weight excluding hydrogens is 307 g/mol. The van der Waals surface area contributed by atoms with Gasteiger partial charge >= 0.3 is 0 Å². The summed E-state index contributed by atoms with van der Waals surface area (Å²) in [6, 6.07) is 11.2. The Balaban J connectivity index is 2.12. The van der Waals surface area contributed by atoms with Crippen LogP contribution >= 0.6 is 0 Å². The van der Waals surface area contributed by atoms with E-state index in [1.54, 1.807) is 6.07 Å². The van der Waals surface area contributed by atoms with Gasteiger partial charge in [-0.05, 0) is 57.5 Å². The number of benzene rings is 2. The lowest BCUT2D eigenvalue weighted by atomic mass is 9.90. The second kappa shape index (κ2) is 6.83. The molecule has 0 aliphatic carbocycles. The van der Waals surface area contributed by atoms with Crippen molar-refractivity contribution in [3.8, 4) is 0 Å². The van der Waals surface area contributed by atoms with Gasteiger partial charge in [0.05, 0.1) is 0 Å². The fourth-order valence-corrected chi connectivity index (χ4v) is 2.19. The summed E-state index contributed by atoms with van der Waals surface area (Å²) in [5, 5.41) is 5.36. The number of hydrogen-bond acceptors (Lipinski definition) is 2. The van der Waals surface area contributed by atoms with Crippen LogP contribution in [0.1, 0.15) is 25.0 Å². The van der Waals surface area contributed by atoms with Gasteiger partial charge in [-0.25, -0.2) is 4.39 Å². The van der Waals surface area contributed by atoms with E-state index in [4.69, 9.17) is 0 Å². The molecule has 0 radical (unpaired) electrons. The van der Waals surface area contributed by atoms with Crippen molar-refractivity contribution in [1.29, 1.82) is 0 Å². The Labute approximate surface area is 141 Å². The van der Waals surface area contributed by atoms with Gasteiger partial charge in [0.15, 0.2) is 0 Å². The molecule has 126 valence electrons. The molecule has 0 bridgehead atoms. The SMILES string of the molecule is Cc1ccc(NC(=O)C(C)(C)C(=O)Nc2cccc(F)c2)c(C)c1. The molecule has 2 amide bonds. The van der Waals surface area contributed by atoms with Crippen molar-refractivity contribution >= 4 is 23.2 Å². The van der Waals surface area contributed by atoms with E-state index >= 15 is 0 Å². The lowest BCUT2D eigenvalue weighted by molar-refractivity contribution is -0.135. The minimum Gasteiger partial charge on any atom is -0.325 e. The van der Waals surface area contributed by atoms with Gasteiger partial charge in [0.1, 0.15) is 11.2 Å². The summed E-state index contributed by atoms with van der Waals surface area (Å²) in [4.78, 5) is 24.9. The summed E-state index contributed by atoms with van der Waals surface area (Å²) in [5.41, 5.74) is 1.67. The van der Waals surface area contributed by atoms with Crippen LogP contribution in [-0.2, 0) is 9.59 Å². The van der Waals surface area contributed by atoms with Crippen molar-refractivity contribution in [3.05, 3.63) is 59.4 Å². The van der Waals surface area contributed by atoms with Crippen LogP contribution in [0.5, 0.6) is 0 Å². The Morgan fingerprint density at radius 3 is 2.25 bits per heavy atom. The second-order valence-electron chi connectivity index (χ2n) is 6.36. The highest BCUT2D eigenvalue weighted by molar-refractivity contribution is 6.14. The highest BCUT2D eigenvalue weighted by Gasteiger charge is 2.36. The lowest BCUT2D eigenvalue weighted by Crippen LogP contribution is -2.41. The predicted molar refractivity (Wildman–Crippen MR) is 93.4 cm³/mol. The standard InChI is InChI=1S/C19H21FN2O2/c1-12-8-9-16(13(2)10-12)22-18(24)19(3,4)17(23)21-15-7-5-6-14(20)11-15/h5-11H,1-4H3,(H,21,23)(H,22,24). The zero-order chi connectivity index (χ0) is 17.9. The van der Waals surface area contributed by atoms with E-state index < -0.39 is 23.0 Å². The molecule has 2 rings (SSSR count). The van der Waals surface area contributed by atoms with Crippen molar-refractivity contribution in [3.63, 3.8) is 0 Å². The molecule has 2 N–H and O–H groups in total. The number of nitrogens with one attached hydrogen (secondary N) is 2. The first kappa shape index (κ1) is 17.7. The maximum atomic E-state index is 13.2. The molecule has 2 aromatic rings. The fourth-order valence-electron chi connectivity index (χ4n) is 2.19. The van der Waals surface area contributed by atoms with Gasteiger partial charge in [-0.3, -0.25) is 9.59 Å². The minimum atomic E-state index is -1.32. The summed E-state index contributed by atoms with van der Waals surface area (Å²) in [6.07, 6.45) is 0. The minimum absolute atomic E-state index is 0.312. The largest absolute Gasteiger partial charge is 0.325 e. The van der Waals surface area contributed by atoms with Crippen LogP contribution in [0.3, 0.4) is 0 Å². The number of anilines is 2. The van der Waals surface area contributed by atoms with Gasteiger partial charge in [0, 0.05) is 11.4 Å².